The highest BCUT2D eigenvalue weighted by Crippen LogP contribution is 2.62. The largest absolute Gasteiger partial charge is 0.394 e. The van der Waals surface area contributed by atoms with Crippen LogP contribution in [0.3, 0.4) is 0 Å². The van der Waals surface area contributed by atoms with Crippen molar-refractivity contribution in [3.8, 4) is 0 Å². The summed E-state index contributed by atoms with van der Waals surface area (Å²) in [6.45, 7) is 0.938. The van der Waals surface area contributed by atoms with Crippen LogP contribution in [-0.2, 0) is 13.8 Å². The number of aliphatic hydroxyl groups is 3. The number of imidazole rings is 1. The third-order valence-corrected chi connectivity index (χ3v) is 6.52. The number of hydrogen-bond donors (Lipinski definition) is 5. The molecular weight excluding hydrogens is 381 g/mol. The average molecular weight is 403 g/mol. The molecule has 1 aliphatic rings. The van der Waals surface area contributed by atoms with Crippen LogP contribution >= 0.6 is 7.60 Å². The van der Waals surface area contributed by atoms with Crippen molar-refractivity contribution in [1.82, 2.24) is 19.5 Å². The van der Waals surface area contributed by atoms with Gasteiger partial charge in [0.25, 0.3) is 0 Å². The van der Waals surface area contributed by atoms with E-state index in [4.69, 9.17) is 15.0 Å². The minimum atomic E-state index is -4.79. The molecule has 6 N–H and O–H groups in total. The average Bonchev–Trinajstić information content (AvgIpc) is 3.17. The lowest BCUT2D eigenvalue weighted by Gasteiger charge is -2.33. The first-order valence-electron chi connectivity index (χ1n) is 8.35. The molecule has 150 valence electrons. The van der Waals surface area contributed by atoms with E-state index in [9.17, 15) is 24.8 Å². The molecule has 1 saturated heterocycles. The summed E-state index contributed by atoms with van der Waals surface area (Å²) in [6, 6.07) is 0. The molecule has 2 aromatic rings. The zero-order chi connectivity index (χ0) is 19.8. The summed E-state index contributed by atoms with van der Waals surface area (Å²) < 4.78 is 24.4. The van der Waals surface area contributed by atoms with Crippen molar-refractivity contribution in [3.63, 3.8) is 0 Å². The van der Waals surface area contributed by atoms with Gasteiger partial charge in [0, 0.05) is 0 Å². The second-order valence-electron chi connectivity index (χ2n) is 6.22. The minimum absolute atomic E-state index is 0.0935. The molecule has 2 aromatic heterocycles. The van der Waals surface area contributed by atoms with Crippen molar-refractivity contribution < 1.29 is 34.0 Å². The van der Waals surface area contributed by atoms with Gasteiger partial charge < -0.3 is 35.2 Å². The Morgan fingerprint density at radius 3 is 2.85 bits per heavy atom. The highest BCUT2D eigenvalue weighted by molar-refractivity contribution is 7.54. The Labute approximate surface area is 154 Å². The van der Waals surface area contributed by atoms with Gasteiger partial charge in [-0.1, -0.05) is 13.3 Å². The van der Waals surface area contributed by atoms with E-state index < -0.39 is 38.0 Å². The lowest BCUT2D eigenvalue weighted by Crippen LogP contribution is -2.49. The molecule has 0 bridgehead atoms. The number of aromatic nitrogens is 4. The SMILES string of the molecule is CCCCOP(=O)(O)[C@@]1(O)[C@@H](CO)O[C@@H](n2cnc3c(N)ncnc32)[C@@H]1O. The Kier molecular flexibility index (Phi) is 5.50. The van der Waals surface area contributed by atoms with Crippen LogP contribution in [0.4, 0.5) is 5.82 Å². The van der Waals surface area contributed by atoms with E-state index in [1.165, 1.54) is 17.2 Å². The fourth-order valence-electron chi connectivity index (χ4n) is 2.98. The van der Waals surface area contributed by atoms with Crippen molar-refractivity contribution in [2.75, 3.05) is 18.9 Å². The lowest BCUT2D eigenvalue weighted by atomic mass is 10.1. The molecule has 0 amide bonds. The van der Waals surface area contributed by atoms with Gasteiger partial charge in [-0.25, -0.2) is 15.0 Å². The number of rotatable bonds is 7. The predicted octanol–water partition coefficient (Wildman–Crippen LogP) is -0.650. The van der Waals surface area contributed by atoms with Gasteiger partial charge in [-0.15, -0.1) is 0 Å². The standard InChI is InChI=1S/C14H22N5O7P/c1-2-3-4-25-27(23,24)14(22)8(5-20)26-13(10(14)21)19-7-18-9-11(15)16-6-17-12(9)19/h6-8,10,13,20-22H,2-5H2,1H3,(H,23,24)(H2,15,16,17)/t8-,10+,13-,14+/m1/s1. The van der Waals surface area contributed by atoms with E-state index in [2.05, 4.69) is 15.0 Å². The van der Waals surface area contributed by atoms with Gasteiger partial charge in [0.15, 0.2) is 17.7 Å². The second-order valence-corrected chi connectivity index (χ2v) is 8.23. The Balaban J connectivity index is 1.98. The van der Waals surface area contributed by atoms with Crippen LogP contribution in [0.5, 0.6) is 0 Å². The number of ether oxygens (including phenoxy) is 1. The van der Waals surface area contributed by atoms with Crippen LogP contribution < -0.4 is 5.73 Å². The van der Waals surface area contributed by atoms with Gasteiger partial charge in [-0.2, -0.15) is 0 Å². The molecule has 27 heavy (non-hydrogen) atoms. The maximum absolute atomic E-state index is 12.7. The monoisotopic (exact) mass is 403 g/mol. The number of nitrogen functional groups attached to an aromatic ring is 1. The molecule has 5 atom stereocenters. The number of aliphatic hydroxyl groups excluding tert-OH is 2. The third kappa shape index (κ3) is 3.13. The maximum atomic E-state index is 12.7. The molecule has 0 aliphatic carbocycles. The first-order valence-corrected chi connectivity index (χ1v) is 9.92. The van der Waals surface area contributed by atoms with Crippen LogP contribution in [0.2, 0.25) is 0 Å². The first-order chi connectivity index (χ1) is 12.8. The summed E-state index contributed by atoms with van der Waals surface area (Å²) in [5.74, 6) is 0.0935. The normalized spacial score (nSPS) is 30.6. The van der Waals surface area contributed by atoms with Crippen molar-refractivity contribution >= 4 is 24.6 Å². The quantitative estimate of drug-likeness (QED) is 0.292. The fourth-order valence-corrected chi connectivity index (χ4v) is 4.53. The Morgan fingerprint density at radius 2 is 2.19 bits per heavy atom. The zero-order valence-corrected chi connectivity index (χ0v) is 15.4. The van der Waals surface area contributed by atoms with Crippen LogP contribution in [0.25, 0.3) is 11.2 Å². The number of nitrogens with zero attached hydrogens (tertiary/aromatic N) is 4. The van der Waals surface area contributed by atoms with Crippen LogP contribution in [0.1, 0.15) is 26.0 Å². The predicted molar refractivity (Wildman–Crippen MR) is 92.4 cm³/mol. The van der Waals surface area contributed by atoms with Gasteiger partial charge in [0.05, 0.1) is 19.5 Å². The van der Waals surface area contributed by atoms with Crippen LogP contribution in [-0.4, -0.2) is 70.5 Å². The molecule has 12 nitrogen and oxygen atoms in total. The van der Waals surface area contributed by atoms with Gasteiger partial charge in [0.1, 0.15) is 24.1 Å². The lowest BCUT2D eigenvalue weighted by molar-refractivity contribution is -0.0610. The fraction of sp³-hybridized carbons (Fsp3) is 0.643. The molecule has 0 spiro atoms. The molecule has 1 unspecified atom stereocenters. The molecule has 0 radical (unpaired) electrons. The second kappa shape index (κ2) is 7.40. The Hall–Kier alpha value is -1.66. The van der Waals surface area contributed by atoms with Crippen LogP contribution in [0, 0.1) is 0 Å². The van der Waals surface area contributed by atoms with Crippen molar-refractivity contribution in [2.45, 2.75) is 43.5 Å². The van der Waals surface area contributed by atoms with Crippen molar-refractivity contribution in [1.29, 1.82) is 0 Å². The molecule has 0 aromatic carbocycles. The van der Waals surface area contributed by atoms with Gasteiger partial charge >= 0.3 is 7.60 Å². The molecular formula is C14H22N5O7P. The van der Waals surface area contributed by atoms with E-state index in [1.807, 2.05) is 6.92 Å². The maximum Gasteiger partial charge on any atom is 0.365 e. The summed E-state index contributed by atoms with van der Waals surface area (Å²) >= 11 is 0. The molecule has 1 aliphatic heterocycles. The summed E-state index contributed by atoms with van der Waals surface area (Å²) in [5, 5.41) is 28.4. The van der Waals surface area contributed by atoms with Gasteiger partial charge in [-0.3, -0.25) is 9.13 Å². The summed E-state index contributed by atoms with van der Waals surface area (Å²) in [4.78, 5) is 22.2. The van der Waals surface area contributed by atoms with Crippen LogP contribution in [0.15, 0.2) is 12.7 Å². The summed E-state index contributed by atoms with van der Waals surface area (Å²) in [5.41, 5.74) is 6.14. The number of anilines is 1. The third-order valence-electron chi connectivity index (χ3n) is 4.53. The molecule has 13 heteroatoms. The van der Waals surface area contributed by atoms with Crippen molar-refractivity contribution in [2.24, 2.45) is 0 Å². The van der Waals surface area contributed by atoms with E-state index in [0.29, 0.717) is 12.8 Å². The first kappa shape index (κ1) is 20.1. The smallest absolute Gasteiger partial charge is 0.365 e. The molecule has 3 rings (SSSR count). The highest BCUT2D eigenvalue weighted by atomic mass is 31.2. The van der Waals surface area contributed by atoms with Gasteiger partial charge in [0.2, 0.25) is 5.34 Å². The number of nitrogens with two attached hydrogens (primary N) is 1. The van der Waals surface area contributed by atoms with E-state index in [1.54, 1.807) is 0 Å². The number of unbranched alkanes of at least 4 members (excludes halogenated alkanes) is 1. The van der Waals surface area contributed by atoms with E-state index >= 15 is 0 Å². The van der Waals surface area contributed by atoms with E-state index in [0.717, 1.165) is 0 Å². The van der Waals surface area contributed by atoms with Gasteiger partial charge in [-0.05, 0) is 6.42 Å². The number of fused-ring (bicyclic) bond motifs is 1. The Morgan fingerprint density at radius 1 is 1.44 bits per heavy atom. The summed E-state index contributed by atoms with van der Waals surface area (Å²) in [6.07, 6.45) is -1.26. The molecule has 3 heterocycles. The molecule has 0 saturated carbocycles. The number of hydrogen-bond acceptors (Lipinski definition) is 10. The topological polar surface area (TPSA) is 186 Å². The van der Waals surface area contributed by atoms with Crippen molar-refractivity contribution in [3.05, 3.63) is 12.7 Å². The Bertz CT molecular complexity index is 863. The van der Waals surface area contributed by atoms with E-state index in [-0.39, 0.29) is 23.6 Å². The minimum Gasteiger partial charge on any atom is -0.394 e. The zero-order valence-electron chi connectivity index (χ0n) is 14.5. The molecule has 1 fully saturated rings. The highest BCUT2D eigenvalue weighted by Gasteiger charge is 2.67. The summed E-state index contributed by atoms with van der Waals surface area (Å²) in [7, 11) is -4.79.